The maximum atomic E-state index is 10.7. The number of rotatable bonds is 7. The molecular weight excluding hydrogens is 342 g/mol. The average Bonchev–Trinajstić information content (AvgIpc) is 2.58. The van der Waals surface area contributed by atoms with Gasteiger partial charge in [0.1, 0.15) is 0 Å². The van der Waals surface area contributed by atoms with E-state index in [9.17, 15) is 5.11 Å². The van der Waals surface area contributed by atoms with Crippen molar-refractivity contribution in [3.05, 3.63) is 51.8 Å². The standard InChI is InChI=1S/C23H32ClNO/c1-7-8-9-19-21(17-10-12-18(24)13-11-17)20(16(6)26)23(15(4)5)25-22(19)14(2)3/h10-16,26H,7-9H2,1-6H3. The van der Waals surface area contributed by atoms with Gasteiger partial charge in [0, 0.05) is 22.0 Å². The van der Waals surface area contributed by atoms with Crippen molar-refractivity contribution in [3.63, 3.8) is 0 Å². The molecule has 1 aromatic carbocycles. The molecule has 0 saturated carbocycles. The minimum Gasteiger partial charge on any atom is -0.389 e. The van der Waals surface area contributed by atoms with Crippen LogP contribution in [0.15, 0.2) is 24.3 Å². The van der Waals surface area contributed by atoms with Crippen molar-refractivity contribution in [1.29, 1.82) is 0 Å². The molecule has 1 N–H and O–H groups in total. The first-order valence-corrected chi connectivity index (χ1v) is 10.2. The molecule has 0 aliphatic heterocycles. The summed E-state index contributed by atoms with van der Waals surface area (Å²) in [6.45, 7) is 12.8. The maximum absolute atomic E-state index is 10.7. The summed E-state index contributed by atoms with van der Waals surface area (Å²) in [5, 5.41) is 11.4. The molecule has 0 fully saturated rings. The quantitative estimate of drug-likeness (QED) is 0.564. The van der Waals surface area contributed by atoms with Crippen LogP contribution < -0.4 is 0 Å². The molecule has 1 aromatic heterocycles. The van der Waals surface area contributed by atoms with Crippen molar-refractivity contribution in [1.82, 2.24) is 4.98 Å². The third kappa shape index (κ3) is 4.47. The van der Waals surface area contributed by atoms with Crippen molar-refractivity contribution in [3.8, 4) is 11.1 Å². The van der Waals surface area contributed by atoms with Crippen LogP contribution in [0.25, 0.3) is 11.1 Å². The second kappa shape index (κ2) is 9.01. The van der Waals surface area contributed by atoms with Crippen LogP contribution in [0.2, 0.25) is 5.02 Å². The Hall–Kier alpha value is -1.38. The Bertz CT molecular complexity index is 733. The molecule has 1 atom stereocenters. The van der Waals surface area contributed by atoms with Gasteiger partial charge in [0.15, 0.2) is 0 Å². The maximum Gasteiger partial charge on any atom is 0.0785 e. The van der Waals surface area contributed by atoms with E-state index < -0.39 is 6.10 Å². The molecule has 1 unspecified atom stereocenters. The van der Waals surface area contributed by atoms with Gasteiger partial charge in [-0.1, -0.05) is 64.8 Å². The fourth-order valence-electron chi connectivity index (χ4n) is 3.57. The molecule has 142 valence electrons. The van der Waals surface area contributed by atoms with Crippen molar-refractivity contribution < 1.29 is 5.11 Å². The third-order valence-electron chi connectivity index (χ3n) is 4.82. The fourth-order valence-corrected chi connectivity index (χ4v) is 3.70. The fraction of sp³-hybridized carbons (Fsp3) is 0.522. The van der Waals surface area contributed by atoms with Crippen LogP contribution in [0.3, 0.4) is 0 Å². The first kappa shape index (κ1) is 20.9. The van der Waals surface area contributed by atoms with E-state index in [-0.39, 0.29) is 5.92 Å². The zero-order chi connectivity index (χ0) is 19.4. The topological polar surface area (TPSA) is 33.1 Å². The minimum absolute atomic E-state index is 0.253. The van der Waals surface area contributed by atoms with Crippen molar-refractivity contribution in [2.75, 3.05) is 0 Å². The number of nitrogens with zero attached hydrogens (tertiary/aromatic N) is 1. The Labute approximate surface area is 163 Å². The van der Waals surface area contributed by atoms with Gasteiger partial charge in [-0.15, -0.1) is 0 Å². The summed E-state index contributed by atoms with van der Waals surface area (Å²) in [6.07, 6.45) is 2.66. The molecule has 0 aliphatic rings. The van der Waals surface area contributed by atoms with E-state index >= 15 is 0 Å². The van der Waals surface area contributed by atoms with Crippen LogP contribution in [0, 0.1) is 0 Å². The van der Waals surface area contributed by atoms with Crippen molar-refractivity contribution >= 4 is 11.6 Å². The number of unbranched alkanes of at least 4 members (excludes halogenated alkanes) is 1. The Morgan fingerprint density at radius 3 is 2.00 bits per heavy atom. The molecule has 0 radical (unpaired) electrons. The SMILES string of the molecule is CCCCc1c(C(C)C)nc(C(C)C)c(C(C)O)c1-c1ccc(Cl)cc1. The summed E-state index contributed by atoms with van der Waals surface area (Å²) < 4.78 is 0. The van der Waals surface area contributed by atoms with E-state index in [2.05, 4.69) is 46.8 Å². The van der Waals surface area contributed by atoms with Gasteiger partial charge < -0.3 is 5.11 Å². The molecule has 2 nitrogen and oxygen atoms in total. The highest BCUT2D eigenvalue weighted by Gasteiger charge is 2.25. The highest BCUT2D eigenvalue weighted by Crippen LogP contribution is 2.40. The lowest BCUT2D eigenvalue weighted by Gasteiger charge is -2.26. The molecule has 0 saturated heterocycles. The molecule has 2 rings (SSSR count). The van der Waals surface area contributed by atoms with Crippen LogP contribution in [0.1, 0.15) is 94.8 Å². The lowest BCUT2D eigenvalue weighted by atomic mass is 9.84. The number of pyridine rings is 1. The summed E-state index contributed by atoms with van der Waals surface area (Å²) in [5.41, 5.74) is 6.70. The smallest absolute Gasteiger partial charge is 0.0785 e. The van der Waals surface area contributed by atoms with E-state index in [1.54, 1.807) is 0 Å². The number of benzene rings is 1. The Kier molecular flexibility index (Phi) is 7.25. The highest BCUT2D eigenvalue weighted by atomic mass is 35.5. The van der Waals surface area contributed by atoms with Gasteiger partial charge in [-0.2, -0.15) is 0 Å². The largest absolute Gasteiger partial charge is 0.389 e. The van der Waals surface area contributed by atoms with E-state index in [1.807, 2.05) is 19.1 Å². The zero-order valence-electron chi connectivity index (χ0n) is 16.9. The number of halogens is 1. The first-order valence-electron chi connectivity index (χ1n) is 9.78. The van der Waals surface area contributed by atoms with Crippen LogP contribution in [0.5, 0.6) is 0 Å². The number of hydrogen-bond donors (Lipinski definition) is 1. The molecule has 26 heavy (non-hydrogen) atoms. The zero-order valence-corrected chi connectivity index (χ0v) is 17.7. The van der Waals surface area contributed by atoms with E-state index in [4.69, 9.17) is 16.6 Å². The van der Waals surface area contributed by atoms with Gasteiger partial charge in [0.25, 0.3) is 0 Å². The summed E-state index contributed by atoms with van der Waals surface area (Å²) in [5.74, 6) is 0.594. The second-order valence-electron chi connectivity index (χ2n) is 7.75. The third-order valence-corrected chi connectivity index (χ3v) is 5.07. The van der Waals surface area contributed by atoms with Gasteiger partial charge in [0.2, 0.25) is 0 Å². The summed E-state index contributed by atoms with van der Waals surface area (Å²) in [4.78, 5) is 5.06. The van der Waals surface area contributed by atoms with Gasteiger partial charge >= 0.3 is 0 Å². The Balaban J connectivity index is 2.90. The van der Waals surface area contributed by atoms with E-state index in [1.165, 1.54) is 5.56 Å². The molecule has 0 bridgehead atoms. The molecule has 2 aromatic rings. The predicted octanol–water partition coefficient (Wildman–Crippen LogP) is 7.04. The van der Waals surface area contributed by atoms with Crippen LogP contribution >= 0.6 is 11.6 Å². The number of aliphatic hydroxyl groups is 1. The molecule has 1 heterocycles. The van der Waals surface area contributed by atoms with Crippen molar-refractivity contribution in [2.45, 2.75) is 78.7 Å². The second-order valence-corrected chi connectivity index (χ2v) is 8.18. The average molecular weight is 374 g/mol. The van der Waals surface area contributed by atoms with Crippen molar-refractivity contribution in [2.24, 2.45) is 0 Å². The highest BCUT2D eigenvalue weighted by molar-refractivity contribution is 6.30. The molecular formula is C23H32ClNO. The predicted molar refractivity (Wildman–Crippen MR) is 112 cm³/mol. The number of aromatic nitrogens is 1. The molecule has 0 spiro atoms. The summed E-state index contributed by atoms with van der Waals surface area (Å²) in [7, 11) is 0. The number of hydrogen-bond acceptors (Lipinski definition) is 2. The molecule has 3 heteroatoms. The van der Waals surface area contributed by atoms with Crippen LogP contribution in [0.4, 0.5) is 0 Å². The molecule has 0 aliphatic carbocycles. The minimum atomic E-state index is -0.563. The first-order chi connectivity index (χ1) is 12.3. The van der Waals surface area contributed by atoms with Gasteiger partial charge in [-0.25, -0.2) is 0 Å². The lowest BCUT2D eigenvalue weighted by Crippen LogP contribution is -2.14. The summed E-state index contributed by atoms with van der Waals surface area (Å²) in [6, 6.07) is 7.98. The van der Waals surface area contributed by atoms with Gasteiger partial charge in [0.05, 0.1) is 6.10 Å². The number of aliphatic hydroxyl groups excluding tert-OH is 1. The Morgan fingerprint density at radius 1 is 0.962 bits per heavy atom. The molecule has 0 amide bonds. The summed E-state index contributed by atoms with van der Waals surface area (Å²) >= 11 is 6.13. The Morgan fingerprint density at radius 2 is 1.54 bits per heavy atom. The van der Waals surface area contributed by atoms with Crippen LogP contribution in [-0.4, -0.2) is 10.1 Å². The monoisotopic (exact) mass is 373 g/mol. The van der Waals surface area contributed by atoms with Gasteiger partial charge in [-0.05, 0) is 60.4 Å². The van der Waals surface area contributed by atoms with E-state index in [0.29, 0.717) is 5.92 Å². The van der Waals surface area contributed by atoms with E-state index in [0.717, 1.165) is 52.4 Å². The van der Waals surface area contributed by atoms with Crippen LogP contribution in [-0.2, 0) is 6.42 Å². The lowest BCUT2D eigenvalue weighted by molar-refractivity contribution is 0.197. The van der Waals surface area contributed by atoms with Gasteiger partial charge in [-0.3, -0.25) is 4.98 Å². The normalized spacial score (nSPS) is 12.8.